The summed E-state index contributed by atoms with van der Waals surface area (Å²) >= 11 is 0. The topological polar surface area (TPSA) is 97.5 Å². The van der Waals surface area contributed by atoms with Crippen molar-refractivity contribution in [2.24, 2.45) is 0 Å². The first-order valence-corrected chi connectivity index (χ1v) is 11.7. The number of anilines is 2. The minimum Gasteiger partial charge on any atom is -0.497 e. The number of methoxy groups -OCH3 is 2. The maximum absolute atomic E-state index is 9.81. The summed E-state index contributed by atoms with van der Waals surface area (Å²) in [6.45, 7) is 3.76. The molecule has 1 radical (unpaired) electrons. The number of benzene rings is 2. The zero-order chi connectivity index (χ0) is 24.9. The molecule has 4 aromatic rings. The van der Waals surface area contributed by atoms with Crippen molar-refractivity contribution in [1.29, 1.82) is 0 Å². The zero-order valence-electron chi connectivity index (χ0n) is 20.4. The van der Waals surface area contributed by atoms with E-state index in [1.807, 2.05) is 48.5 Å². The molecule has 5 rings (SSSR count). The zero-order valence-corrected chi connectivity index (χ0v) is 20.4. The third-order valence-corrected chi connectivity index (χ3v) is 6.15. The Balaban J connectivity index is 1.58. The van der Waals surface area contributed by atoms with E-state index in [4.69, 9.17) is 24.2 Å². The predicted octanol–water partition coefficient (Wildman–Crippen LogP) is 1.42. The molecule has 3 heterocycles. The summed E-state index contributed by atoms with van der Waals surface area (Å²) in [5.74, 6) is 2.81. The second kappa shape index (κ2) is 10.8. The quantitative estimate of drug-likeness (QED) is 0.352. The van der Waals surface area contributed by atoms with Gasteiger partial charge in [0.2, 0.25) is 11.9 Å². The number of morpholine rings is 1. The van der Waals surface area contributed by atoms with Crippen molar-refractivity contribution in [3.8, 4) is 11.5 Å². The molecule has 0 spiro atoms. The number of aromatic nitrogens is 4. The van der Waals surface area contributed by atoms with E-state index < -0.39 is 0 Å². The normalized spacial score (nSPS) is 13.6. The molecule has 11 heteroatoms. The van der Waals surface area contributed by atoms with Gasteiger partial charge >= 0.3 is 7.48 Å². The highest BCUT2D eigenvalue weighted by Crippen LogP contribution is 2.24. The molecule has 1 fully saturated rings. The highest BCUT2D eigenvalue weighted by molar-refractivity contribution is 6.48. The van der Waals surface area contributed by atoms with Crippen LogP contribution in [0.25, 0.3) is 5.65 Å². The standard InChI is InChI=1S/C25H28BN6O4/c1-34-20-7-3-18(4-8-20)16-31(17-19-5-9-21(35-2)10-6-19)25-29-24(30-11-13-36-14-12-30)28-23-22(26-33)15-27-32(23)25/h3-10,15,33H,11-14,16-17H2,1-2H3. The molecule has 2 aromatic heterocycles. The van der Waals surface area contributed by atoms with E-state index in [0.717, 1.165) is 30.1 Å². The van der Waals surface area contributed by atoms with E-state index >= 15 is 0 Å². The molecule has 1 aliphatic rings. The molecular formula is C25H28BN6O4. The van der Waals surface area contributed by atoms with Gasteiger partial charge in [0, 0.05) is 37.8 Å². The molecule has 2 aromatic carbocycles. The van der Waals surface area contributed by atoms with Crippen molar-refractivity contribution in [3.63, 3.8) is 0 Å². The molecule has 1 saturated heterocycles. The minimum absolute atomic E-state index is 0.530. The van der Waals surface area contributed by atoms with Gasteiger partial charge in [-0.25, -0.2) is 0 Å². The van der Waals surface area contributed by atoms with Crippen LogP contribution in [0.3, 0.4) is 0 Å². The van der Waals surface area contributed by atoms with Gasteiger partial charge in [-0.05, 0) is 35.4 Å². The summed E-state index contributed by atoms with van der Waals surface area (Å²) in [4.78, 5) is 14.0. The Morgan fingerprint density at radius 2 is 1.50 bits per heavy atom. The van der Waals surface area contributed by atoms with Crippen LogP contribution in [-0.4, -0.2) is 72.6 Å². The van der Waals surface area contributed by atoms with Gasteiger partial charge in [0.1, 0.15) is 11.5 Å². The summed E-state index contributed by atoms with van der Waals surface area (Å²) in [5, 5.41) is 14.3. The molecule has 0 bridgehead atoms. The van der Waals surface area contributed by atoms with Crippen LogP contribution in [0.2, 0.25) is 0 Å². The number of ether oxygens (including phenoxy) is 3. The van der Waals surface area contributed by atoms with E-state index in [-0.39, 0.29) is 0 Å². The van der Waals surface area contributed by atoms with Crippen molar-refractivity contribution in [2.45, 2.75) is 13.1 Å². The number of hydrogen-bond acceptors (Lipinski definition) is 9. The molecule has 0 amide bonds. The Morgan fingerprint density at radius 1 is 0.917 bits per heavy atom. The van der Waals surface area contributed by atoms with E-state index in [2.05, 4.69) is 14.9 Å². The Kier molecular flexibility index (Phi) is 7.19. The van der Waals surface area contributed by atoms with E-state index in [1.165, 1.54) is 0 Å². The molecule has 10 nitrogen and oxygen atoms in total. The Morgan fingerprint density at radius 3 is 2.03 bits per heavy atom. The van der Waals surface area contributed by atoms with Gasteiger partial charge in [0.25, 0.3) is 0 Å². The minimum atomic E-state index is 0.530. The highest BCUT2D eigenvalue weighted by Gasteiger charge is 2.23. The lowest BCUT2D eigenvalue weighted by atomic mass is 9.92. The van der Waals surface area contributed by atoms with Gasteiger partial charge in [-0.3, -0.25) is 0 Å². The molecule has 1 aliphatic heterocycles. The van der Waals surface area contributed by atoms with Crippen LogP contribution >= 0.6 is 0 Å². The van der Waals surface area contributed by atoms with Crippen molar-refractivity contribution in [1.82, 2.24) is 19.6 Å². The number of fused-ring (bicyclic) bond motifs is 1. The van der Waals surface area contributed by atoms with Crippen molar-refractivity contribution in [2.75, 3.05) is 50.3 Å². The van der Waals surface area contributed by atoms with Gasteiger partial charge in [0.15, 0.2) is 5.65 Å². The Labute approximate surface area is 210 Å². The molecule has 0 saturated carbocycles. The third kappa shape index (κ3) is 5.07. The molecule has 185 valence electrons. The van der Waals surface area contributed by atoms with Crippen LogP contribution < -0.4 is 24.7 Å². The summed E-state index contributed by atoms with van der Waals surface area (Å²) in [7, 11) is 4.34. The van der Waals surface area contributed by atoms with E-state index in [9.17, 15) is 5.02 Å². The molecule has 1 N–H and O–H groups in total. The van der Waals surface area contributed by atoms with Crippen LogP contribution in [-0.2, 0) is 17.8 Å². The average molecular weight is 487 g/mol. The van der Waals surface area contributed by atoms with E-state index in [0.29, 0.717) is 62.4 Å². The lowest BCUT2D eigenvalue weighted by Gasteiger charge is -2.29. The van der Waals surface area contributed by atoms with Crippen LogP contribution in [0, 0.1) is 0 Å². The summed E-state index contributed by atoms with van der Waals surface area (Å²) in [6.07, 6.45) is 1.59. The second-order valence-corrected chi connectivity index (χ2v) is 8.44. The lowest BCUT2D eigenvalue weighted by molar-refractivity contribution is 0.122. The van der Waals surface area contributed by atoms with Crippen molar-refractivity contribution < 1.29 is 19.2 Å². The Bertz CT molecular complexity index is 1240. The molecular weight excluding hydrogens is 459 g/mol. The summed E-state index contributed by atoms with van der Waals surface area (Å²) in [6, 6.07) is 15.9. The summed E-state index contributed by atoms with van der Waals surface area (Å²) < 4.78 is 17.9. The van der Waals surface area contributed by atoms with Gasteiger partial charge in [0.05, 0.1) is 27.4 Å². The van der Waals surface area contributed by atoms with Gasteiger partial charge < -0.3 is 29.0 Å². The maximum atomic E-state index is 9.81. The SMILES string of the molecule is COc1ccc(CN(Cc2ccc(OC)cc2)c2nc(N3CCOCC3)nc3c([B]O)cnn23)cc1. The van der Waals surface area contributed by atoms with Gasteiger partial charge in [-0.2, -0.15) is 19.6 Å². The molecule has 0 unspecified atom stereocenters. The number of nitrogens with zero attached hydrogens (tertiary/aromatic N) is 6. The smallest absolute Gasteiger partial charge is 0.332 e. The van der Waals surface area contributed by atoms with Crippen LogP contribution in [0.1, 0.15) is 11.1 Å². The lowest BCUT2D eigenvalue weighted by Crippen LogP contribution is -2.38. The van der Waals surface area contributed by atoms with Crippen molar-refractivity contribution >= 4 is 30.5 Å². The van der Waals surface area contributed by atoms with Crippen LogP contribution in [0.5, 0.6) is 11.5 Å². The van der Waals surface area contributed by atoms with Crippen molar-refractivity contribution in [3.05, 3.63) is 65.9 Å². The average Bonchev–Trinajstić information content (AvgIpc) is 3.36. The fourth-order valence-corrected chi connectivity index (χ4v) is 4.17. The molecule has 0 atom stereocenters. The van der Waals surface area contributed by atoms with E-state index in [1.54, 1.807) is 24.9 Å². The monoisotopic (exact) mass is 487 g/mol. The second-order valence-electron chi connectivity index (χ2n) is 8.44. The van der Waals surface area contributed by atoms with Gasteiger partial charge in [-0.1, -0.05) is 24.3 Å². The summed E-state index contributed by atoms with van der Waals surface area (Å²) in [5.41, 5.74) is 3.25. The fourth-order valence-electron chi connectivity index (χ4n) is 4.17. The van der Waals surface area contributed by atoms with Crippen LogP contribution in [0.15, 0.2) is 54.7 Å². The predicted molar refractivity (Wildman–Crippen MR) is 137 cm³/mol. The molecule has 0 aliphatic carbocycles. The first-order valence-electron chi connectivity index (χ1n) is 11.7. The van der Waals surface area contributed by atoms with Crippen LogP contribution in [0.4, 0.5) is 11.9 Å². The fraction of sp³-hybridized carbons (Fsp3) is 0.320. The first-order chi connectivity index (χ1) is 17.7. The maximum Gasteiger partial charge on any atom is 0.332 e. The largest absolute Gasteiger partial charge is 0.497 e. The number of rotatable bonds is 9. The van der Waals surface area contributed by atoms with Gasteiger partial charge in [-0.15, -0.1) is 0 Å². The first kappa shape index (κ1) is 23.9. The highest BCUT2D eigenvalue weighted by atomic mass is 16.5. The Hall–Kier alpha value is -3.83. The molecule has 36 heavy (non-hydrogen) atoms. The third-order valence-electron chi connectivity index (χ3n) is 6.15. The number of hydrogen-bond donors (Lipinski definition) is 1.